The summed E-state index contributed by atoms with van der Waals surface area (Å²) in [6.07, 6.45) is 5.51. The van der Waals surface area contributed by atoms with Gasteiger partial charge in [0.05, 0.1) is 5.69 Å². The molecule has 0 saturated carbocycles. The topological polar surface area (TPSA) is 78.1 Å². The van der Waals surface area contributed by atoms with Crippen molar-refractivity contribution in [1.29, 1.82) is 0 Å². The van der Waals surface area contributed by atoms with Crippen LogP contribution in [0.3, 0.4) is 0 Å². The maximum Gasteiger partial charge on any atom is 0.260 e. The fraction of sp³-hybridized carbons (Fsp3) is 0.421. The van der Waals surface area contributed by atoms with Crippen molar-refractivity contribution in [3.63, 3.8) is 0 Å². The van der Waals surface area contributed by atoms with E-state index in [9.17, 15) is 9.59 Å². The smallest absolute Gasteiger partial charge is 0.260 e. The number of hydrogen-bond donors (Lipinski definition) is 2. The molecule has 1 aliphatic heterocycles. The molecule has 6 heteroatoms. The molecular formula is C19H24N4O2. The predicted octanol–water partition coefficient (Wildman–Crippen LogP) is 1.58. The number of carbonyl (C=O) groups is 1. The lowest BCUT2D eigenvalue weighted by molar-refractivity contribution is 0.0945. The van der Waals surface area contributed by atoms with Crippen LogP contribution in [0.1, 0.15) is 35.0 Å². The van der Waals surface area contributed by atoms with Gasteiger partial charge in [0.2, 0.25) is 0 Å². The van der Waals surface area contributed by atoms with Gasteiger partial charge in [-0.2, -0.15) is 0 Å². The summed E-state index contributed by atoms with van der Waals surface area (Å²) < 4.78 is 0. The Morgan fingerprint density at radius 2 is 2.28 bits per heavy atom. The molecule has 0 spiro atoms. The first-order chi connectivity index (χ1) is 12.2. The Hall–Kier alpha value is -2.47. The zero-order valence-electron chi connectivity index (χ0n) is 14.5. The Morgan fingerprint density at radius 3 is 3.00 bits per heavy atom. The maximum absolute atomic E-state index is 12.1. The summed E-state index contributed by atoms with van der Waals surface area (Å²) in [5, 5.41) is 2.88. The highest BCUT2D eigenvalue weighted by atomic mass is 16.2. The molecular weight excluding hydrogens is 316 g/mol. The number of nitrogens with zero attached hydrogens (tertiary/aromatic N) is 2. The number of amides is 1. The number of aryl methyl sites for hydroxylation is 1. The van der Waals surface area contributed by atoms with E-state index in [0.717, 1.165) is 38.2 Å². The van der Waals surface area contributed by atoms with E-state index in [-0.39, 0.29) is 17.0 Å². The molecule has 2 aromatic heterocycles. The second-order valence-electron chi connectivity index (χ2n) is 6.52. The minimum absolute atomic E-state index is 0.164. The van der Waals surface area contributed by atoms with E-state index in [4.69, 9.17) is 0 Å². The minimum atomic E-state index is -0.352. The van der Waals surface area contributed by atoms with E-state index in [2.05, 4.69) is 39.2 Å². The van der Waals surface area contributed by atoms with Crippen molar-refractivity contribution in [3.05, 3.63) is 63.8 Å². The number of aromatic amines is 1. The van der Waals surface area contributed by atoms with Crippen molar-refractivity contribution in [2.75, 3.05) is 19.6 Å². The number of aromatic nitrogens is 2. The third-order valence-corrected chi connectivity index (χ3v) is 4.66. The van der Waals surface area contributed by atoms with E-state index < -0.39 is 0 Å². The van der Waals surface area contributed by atoms with Crippen LogP contribution in [0.15, 0.2) is 41.5 Å². The van der Waals surface area contributed by atoms with Crippen LogP contribution < -0.4 is 10.9 Å². The zero-order valence-corrected chi connectivity index (χ0v) is 14.5. The van der Waals surface area contributed by atoms with Gasteiger partial charge in [0.15, 0.2) is 0 Å². The van der Waals surface area contributed by atoms with Crippen LogP contribution in [0.25, 0.3) is 0 Å². The Kier molecular flexibility index (Phi) is 5.60. The van der Waals surface area contributed by atoms with Gasteiger partial charge >= 0.3 is 0 Å². The molecule has 3 rings (SSSR count). The molecule has 0 aliphatic carbocycles. The number of rotatable bonds is 6. The summed E-state index contributed by atoms with van der Waals surface area (Å²) in [7, 11) is 0. The molecule has 2 N–H and O–H groups in total. The van der Waals surface area contributed by atoms with Gasteiger partial charge in [-0.25, -0.2) is 0 Å². The SMILES string of the molecule is CCc1ccc(CN2CCC(CNC(=O)c3ccc[nH]c3=O)C2)nc1. The van der Waals surface area contributed by atoms with Gasteiger partial charge in [-0.1, -0.05) is 13.0 Å². The Bertz CT molecular complexity index is 769. The van der Waals surface area contributed by atoms with E-state index in [0.29, 0.717) is 12.5 Å². The van der Waals surface area contributed by atoms with E-state index in [1.165, 1.54) is 11.8 Å². The van der Waals surface area contributed by atoms with Gasteiger partial charge in [0, 0.05) is 32.0 Å². The highest BCUT2D eigenvalue weighted by Crippen LogP contribution is 2.17. The maximum atomic E-state index is 12.1. The largest absolute Gasteiger partial charge is 0.352 e. The second-order valence-corrected chi connectivity index (χ2v) is 6.52. The Labute approximate surface area is 147 Å². The second kappa shape index (κ2) is 8.07. The summed E-state index contributed by atoms with van der Waals surface area (Å²) in [5.74, 6) is 0.0961. The van der Waals surface area contributed by atoms with E-state index in [1.807, 2.05) is 6.20 Å². The van der Waals surface area contributed by atoms with Crippen molar-refractivity contribution in [2.24, 2.45) is 5.92 Å². The molecule has 3 heterocycles. The summed E-state index contributed by atoms with van der Waals surface area (Å²) in [6.45, 7) is 5.49. The lowest BCUT2D eigenvalue weighted by Crippen LogP contribution is -2.34. The van der Waals surface area contributed by atoms with Crippen molar-refractivity contribution in [2.45, 2.75) is 26.3 Å². The average Bonchev–Trinajstić information content (AvgIpc) is 3.08. The van der Waals surface area contributed by atoms with Gasteiger partial charge < -0.3 is 10.3 Å². The molecule has 0 radical (unpaired) electrons. The van der Waals surface area contributed by atoms with Crippen molar-refractivity contribution in [3.8, 4) is 0 Å². The van der Waals surface area contributed by atoms with Gasteiger partial charge in [-0.3, -0.25) is 19.5 Å². The fourth-order valence-electron chi connectivity index (χ4n) is 3.14. The van der Waals surface area contributed by atoms with Crippen LogP contribution in [-0.2, 0) is 13.0 Å². The van der Waals surface area contributed by atoms with Crippen LogP contribution in [0.5, 0.6) is 0 Å². The lowest BCUT2D eigenvalue weighted by Gasteiger charge is -2.16. The molecule has 0 aromatic carbocycles. The van der Waals surface area contributed by atoms with Crippen LogP contribution in [0, 0.1) is 5.92 Å². The van der Waals surface area contributed by atoms with Gasteiger partial charge in [0.1, 0.15) is 5.56 Å². The molecule has 1 unspecified atom stereocenters. The lowest BCUT2D eigenvalue weighted by atomic mass is 10.1. The average molecular weight is 340 g/mol. The zero-order chi connectivity index (χ0) is 17.6. The normalized spacial score (nSPS) is 17.6. The van der Waals surface area contributed by atoms with Gasteiger partial charge in [0.25, 0.3) is 11.5 Å². The number of pyridine rings is 2. The van der Waals surface area contributed by atoms with Crippen molar-refractivity contribution in [1.82, 2.24) is 20.2 Å². The molecule has 1 saturated heterocycles. The first-order valence-electron chi connectivity index (χ1n) is 8.77. The molecule has 1 aliphatic rings. The quantitative estimate of drug-likeness (QED) is 0.837. The molecule has 1 fully saturated rings. The molecule has 1 amide bonds. The van der Waals surface area contributed by atoms with Crippen LogP contribution >= 0.6 is 0 Å². The molecule has 1 atom stereocenters. The third kappa shape index (κ3) is 4.54. The highest BCUT2D eigenvalue weighted by molar-refractivity contribution is 5.93. The molecule has 6 nitrogen and oxygen atoms in total. The number of likely N-dealkylation sites (tertiary alicyclic amines) is 1. The standard InChI is InChI=1S/C19H24N4O2/c1-2-14-5-6-16(21-10-14)13-23-9-7-15(12-23)11-22-19(25)17-4-3-8-20-18(17)24/h3-6,8,10,15H,2,7,9,11-13H2,1H3,(H,20,24)(H,22,25). The summed E-state index contributed by atoms with van der Waals surface area (Å²) in [4.78, 5) is 33.1. The molecule has 0 bridgehead atoms. The number of carbonyl (C=O) groups excluding carboxylic acids is 1. The first kappa shape index (κ1) is 17.4. The summed E-state index contributed by atoms with van der Waals surface area (Å²) >= 11 is 0. The monoisotopic (exact) mass is 340 g/mol. The Morgan fingerprint density at radius 1 is 1.40 bits per heavy atom. The molecule has 25 heavy (non-hydrogen) atoms. The number of H-pyrrole nitrogens is 1. The van der Waals surface area contributed by atoms with Crippen molar-refractivity contribution >= 4 is 5.91 Å². The number of nitrogens with one attached hydrogen (secondary N) is 2. The highest BCUT2D eigenvalue weighted by Gasteiger charge is 2.23. The summed E-state index contributed by atoms with van der Waals surface area (Å²) in [6, 6.07) is 7.42. The fourth-order valence-corrected chi connectivity index (χ4v) is 3.14. The summed E-state index contributed by atoms with van der Waals surface area (Å²) in [5.41, 5.74) is 2.14. The Balaban J connectivity index is 1.47. The first-order valence-corrected chi connectivity index (χ1v) is 8.77. The number of hydrogen-bond acceptors (Lipinski definition) is 4. The van der Waals surface area contributed by atoms with Crippen LogP contribution in [-0.4, -0.2) is 40.4 Å². The molecule has 2 aromatic rings. The van der Waals surface area contributed by atoms with E-state index in [1.54, 1.807) is 12.1 Å². The van der Waals surface area contributed by atoms with Gasteiger partial charge in [-0.05, 0) is 49.1 Å². The predicted molar refractivity (Wildman–Crippen MR) is 96.4 cm³/mol. The van der Waals surface area contributed by atoms with Crippen LogP contribution in [0.2, 0.25) is 0 Å². The van der Waals surface area contributed by atoms with Gasteiger partial charge in [-0.15, -0.1) is 0 Å². The van der Waals surface area contributed by atoms with Crippen molar-refractivity contribution < 1.29 is 4.79 Å². The molecule has 132 valence electrons. The minimum Gasteiger partial charge on any atom is -0.352 e. The van der Waals surface area contributed by atoms with E-state index >= 15 is 0 Å². The third-order valence-electron chi connectivity index (χ3n) is 4.66. The van der Waals surface area contributed by atoms with Crippen LogP contribution in [0.4, 0.5) is 0 Å².